The van der Waals surface area contributed by atoms with Gasteiger partial charge in [-0.2, -0.15) is 4.57 Å². The highest BCUT2D eigenvalue weighted by molar-refractivity contribution is 5.82. The average molecular weight is 318 g/mol. The van der Waals surface area contributed by atoms with E-state index in [1.807, 2.05) is 0 Å². The molecular formula is C23H28N+. The molecular weight excluding hydrogens is 290 g/mol. The highest BCUT2D eigenvalue weighted by Gasteiger charge is 2.20. The molecule has 0 saturated heterocycles. The molecule has 0 radical (unpaired) electrons. The van der Waals surface area contributed by atoms with Crippen LogP contribution in [0.5, 0.6) is 0 Å². The Kier molecular flexibility index (Phi) is 4.45. The third kappa shape index (κ3) is 2.84. The second-order valence-electron chi connectivity index (χ2n) is 7.44. The van der Waals surface area contributed by atoms with E-state index in [4.69, 9.17) is 0 Å². The van der Waals surface area contributed by atoms with Crippen molar-refractivity contribution in [3.63, 3.8) is 0 Å². The van der Waals surface area contributed by atoms with Gasteiger partial charge in [-0.05, 0) is 47.6 Å². The van der Waals surface area contributed by atoms with Crippen LogP contribution < -0.4 is 4.57 Å². The van der Waals surface area contributed by atoms with Crippen LogP contribution in [-0.2, 0) is 7.05 Å². The summed E-state index contributed by atoms with van der Waals surface area (Å²) in [7, 11) is 2.18. The fourth-order valence-corrected chi connectivity index (χ4v) is 3.47. The molecule has 0 atom stereocenters. The smallest absolute Gasteiger partial charge is 0.194 e. The molecule has 0 bridgehead atoms. The number of fused-ring (bicyclic) bond motifs is 1. The van der Waals surface area contributed by atoms with Crippen molar-refractivity contribution in [2.24, 2.45) is 7.05 Å². The molecule has 0 spiro atoms. The first-order chi connectivity index (χ1) is 11.4. The molecule has 1 heterocycles. The second kappa shape index (κ2) is 6.39. The van der Waals surface area contributed by atoms with Crippen molar-refractivity contribution in [2.45, 2.75) is 46.5 Å². The maximum absolute atomic E-state index is 2.39. The Bertz CT molecular complexity index is 888. The number of para-hydroxylation sites is 1. The Morgan fingerprint density at radius 3 is 2.21 bits per heavy atom. The Labute approximate surface area is 146 Å². The number of benzene rings is 2. The van der Waals surface area contributed by atoms with Gasteiger partial charge >= 0.3 is 0 Å². The molecule has 0 aliphatic rings. The van der Waals surface area contributed by atoms with Gasteiger partial charge in [-0.25, -0.2) is 0 Å². The van der Waals surface area contributed by atoms with Gasteiger partial charge < -0.3 is 0 Å². The molecule has 24 heavy (non-hydrogen) atoms. The van der Waals surface area contributed by atoms with E-state index in [9.17, 15) is 0 Å². The van der Waals surface area contributed by atoms with Gasteiger partial charge in [0.2, 0.25) is 11.2 Å². The Morgan fingerprint density at radius 2 is 1.54 bits per heavy atom. The fraction of sp³-hybridized carbons (Fsp3) is 0.348. The van der Waals surface area contributed by atoms with Crippen molar-refractivity contribution in [1.29, 1.82) is 0 Å². The molecule has 0 aliphatic carbocycles. The third-order valence-corrected chi connectivity index (χ3v) is 5.06. The molecule has 1 aromatic heterocycles. The molecule has 0 unspecified atom stereocenters. The highest BCUT2D eigenvalue weighted by Crippen LogP contribution is 2.31. The van der Waals surface area contributed by atoms with E-state index in [0.29, 0.717) is 11.8 Å². The van der Waals surface area contributed by atoms with Crippen LogP contribution in [0.1, 0.15) is 56.2 Å². The lowest BCUT2D eigenvalue weighted by Crippen LogP contribution is -2.33. The summed E-state index contributed by atoms with van der Waals surface area (Å²) >= 11 is 0. The third-order valence-electron chi connectivity index (χ3n) is 5.06. The summed E-state index contributed by atoms with van der Waals surface area (Å²) < 4.78 is 2.34. The van der Waals surface area contributed by atoms with E-state index in [0.717, 1.165) is 0 Å². The first kappa shape index (κ1) is 16.7. The number of hydrogen-bond acceptors (Lipinski definition) is 0. The van der Waals surface area contributed by atoms with Crippen molar-refractivity contribution < 1.29 is 4.57 Å². The lowest BCUT2D eigenvalue weighted by molar-refractivity contribution is -0.633. The van der Waals surface area contributed by atoms with Crippen LogP contribution in [-0.4, -0.2) is 0 Å². The van der Waals surface area contributed by atoms with Crippen LogP contribution in [0.2, 0.25) is 0 Å². The van der Waals surface area contributed by atoms with E-state index in [1.54, 1.807) is 0 Å². The minimum absolute atomic E-state index is 0.503. The maximum Gasteiger partial charge on any atom is 0.213 e. The van der Waals surface area contributed by atoms with Crippen molar-refractivity contribution in [3.05, 3.63) is 65.2 Å². The predicted octanol–water partition coefficient (Wildman–Crippen LogP) is 5.89. The van der Waals surface area contributed by atoms with Crippen LogP contribution in [0.25, 0.3) is 22.2 Å². The van der Waals surface area contributed by atoms with Crippen molar-refractivity contribution in [3.8, 4) is 11.3 Å². The fourth-order valence-electron chi connectivity index (χ4n) is 3.47. The molecule has 2 aromatic carbocycles. The molecule has 0 aliphatic heterocycles. The number of hydrogen-bond donors (Lipinski definition) is 0. The molecule has 0 fully saturated rings. The van der Waals surface area contributed by atoms with Crippen LogP contribution in [0, 0.1) is 6.92 Å². The Balaban J connectivity index is 2.35. The van der Waals surface area contributed by atoms with E-state index in [1.165, 1.54) is 38.9 Å². The van der Waals surface area contributed by atoms with Crippen molar-refractivity contribution in [2.75, 3.05) is 0 Å². The van der Waals surface area contributed by atoms with Crippen LogP contribution >= 0.6 is 0 Å². The summed E-state index contributed by atoms with van der Waals surface area (Å²) in [5.74, 6) is 1.04. The number of pyridine rings is 1. The first-order valence-electron chi connectivity index (χ1n) is 8.92. The van der Waals surface area contributed by atoms with Crippen molar-refractivity contribution >= 4 is 10.9 Å². The summed E-state index contributed by atoms with van der Waals surface area (Å²) in [6, 6.07) is 18.0. The maximum atomic E-state index is 2.39. The van der Waals surface area contributed by atoms with Crippen LogP contribution in [0.15, 0.2) is 48.5 Å². The molecule has 0 amide bonds. The van der Waals surface area contributed by atoms with Gasteiger partial charge in [0.1, 0.15) is 7.05 Å². The first-order valence-corrected chi connectivity index (χ1v) is 8.92. The van der Waals surface area contributed by atoms with Crippen LogP contribution in [0.4, 0.5) is 0 Å². The van der Waals surface area contributed by atoms with E-state index >= 15 is 0 Å². The molecule has 3 rings (SSSR count). The summed E-state index contributed by atoms with van der Waals surface area (Å²) in [5, 5.41) is 1.36. The summed E-state index contributed by atoms with van der Waals surface area (Å²) in [4.78, 5) is 0. The summed E-state index contributed by atoms with van der Waals surface area (Å²) in [5.41, 5.74) is 8.10. The lowest BCUT2D eigenvalue weighted by atomic mass is 9.92. The molecule has 0 N–H and O–H groups in total. The molecule has 1 nitrogen and oxygen atoms in total. The Hall–Kier alpha value is -2.15. The zero-order valence-corrected chi connectivity index (χ0v) is 15.7. The topological polar surface area (TPSA) is 3.88 Å². The second-order valence-corrected chi connectivity index (χ2v) is 7.44. The normalized spacial score (nSPS) is 11.7. The zero-order valence-electron chi connectivity index (χ0n) is 15.7. The van der Waals surface area contributed by atoms with Gasteiger partial charge in [0.15, 0.2) is 0 Å². The number of aromatic nitrogens is 1. The highest BCUT2D eigenvalue weighted by atomic mass is 14.9. The predicted molar refractivity (Wildman–Crippen MR) is 103 cm³/mol. The lowest BCUT2D eigenvalue weighted by Gasteiger charge is -2.14. The van der Waals surface area contributed by atoms with Gasteiger partial charge in [0, 0.05) is 23.1 Å². The molecule has 124 valence electrons. The monoisotopic (exact) mass is 318 g/mol. The quantitative estimate of drug-likeness (QED) is 0.530. The summed E-state index contributed by atoms with van der Waals surface area (Å²) in [6.45, 7) is 11.3. The Morgan fingerprint density at radius 1 is 0.833 bits per heavy atom. The van der Waals surface area contributed by atoms with Crippen LogP contribution in [0.3, 0.4) is 0 Å². The van der Waals surface area contributed by atoms with E-state index < -0.39 is 0 Å². The van der Waals surface area contributed by atoms with E-state index in [-0.39, 0.29) is 0 Å². The standard InChI is InChI=1S/C23H28N/c1-15(2)18-12-11-17(5)21(13-18)23-14-20(16(3)4)19-9-7-8-10-22(19)24(23)6/h7-16H,1-6H3/q+1. The van der Waals surface area contributed by atoms with Gasteiger partial charge in [-0.3, -0.25) is 0 Å². The minimum Gasteiger partial charge on any atom is -0.194 e. The molecule has 1 heteroatoms. The van der Waals surface area contributed by atoms with Gasteiger partial charge in [0.25, 0.3) is 0 Å². The largest absolute Gasteiger partial charge is 0.213 e. The number of nitrogens with zero attached hydrogens (tertiary/aromatic N) is 1. The molecule has 0 saturated carbocycles. The SMILES string of the molecule is Cc1ccc(C(C)C)cc1-c1cc(C(C)C)c2ccccc2[n+]1C. The number of aryl methyl sites for hydroxylation is 2. The van der Waals surface area contributed by atoms with E-state index in [2.05, 4.69) is 94.8 Å². The minimum atomic E-state index is 0.503. The average Bonchev–Trinajstić information content (AvgIpc) is 2.55. The molecule has 3 aromatic rings. The van der Waals surface area contributed by atoms with Gasteiger partial charge in [-0.1, -0.05) is 52.0 Å². The van der Waals surface area contributed by atoms with Crippen molar-refractivity contribution in [1.82, 2.24) is 0 Å². The number of rotatable bonds is 3. The van der Waals surface area contributed by atoms with Gasteiger partial charge in [0.05, 0.1) is 0 Å². The zero-order chi connectivity index (χ0) is 17.4. The summed E-state index contributed by atoms with van der Waals surface area (Å²) in [6.07, 6.45) is 0. The van der Waals surface area contributed by atoms with Gasteiger partial charge in [-0.15, -0.1) is 0 Å².